The van der Waals surface area contributed by atoms with Gasteiger partial charge in [0.25, 0.3) is 0 Å². The fourth-order valence-electron chi connectivity index (χ4n) is 0.700. The highest BCUT2D eigenvalue weighted by atomic mass is 16.4. The molecule has 0 aromatic heterocycles. The molecule has 0 aromatic rings. The van der Waals surface area contributed by atoms with E-state index in [2.05, 4.69) is 6.58 Å². The summed E-state index contributed by atoms with van der Waals surface area (Å²) in [6, 6.07) is 0. The minimum Gasteiger partial charge on any atom is -0.481 e. The van der Waals surface area contributed by atoms with Crippen LogP contribution in [0.25, 0.3) is 0 Å². The Kier molecular flexibility index (Phi) is 5.07. The van der Waals surface area contributed by atoms with E-state index in [0.29, 0.717) is 19.3 Å². The molecule has 0 unspecified atom stereocenters. The molecule has 0 atom stereocenters. The average molecular weight is 156 g/mol. The van der Waals surface area contributed by atoms with Crippen molar-refractivity contribution in [3.8, 4) is 0 Å². The highest BCUT2D eigenvalue weighted by molar-refractivity contribution is 5.80. The molecule has 0 heterocycles. The van der Waals surface area contributed by atoms with E-state index in [1.54, 1.807) is 0 Å². The SMILES string of the molecule is C=CCC(=O)CCCC(=O)O. The van der Waals surface area contributed by atoms with Crippen molar-refractivity contribution in [3.05, 3.63) is 12.7 Å². The first-order valence-electron chi connectivity index (χ1n) is 3.51. The Morgan fingerprint density at radius 3 is 2.45 bits per heavy atom. The quantitative estimate of drug-likeness (QED) is 0.591. The van der Waals surface area contributed by atoms with Gasteiger partial charge < -0.3 is 5.11 Å². The number of hydrogen-bond acceptors (Lipinski definition) is 2. The molecule has 3 nitrogen and oxygen atoms in total. The number of carbonyl (C=O) groups excluding carboxylic acids is 1. The second-order valence-electron chi connectivity index (χ2n) is 2.28. The van der Waals surface area contributed by atoms with Crippen molar-refractivity contribution in [1.82, 2.24) is 0 Å². The van der Waals surface area contributed by atoms with E-state index in [-0.39, 0.29) is 12.2 Å². The number of hydrogen-bond donors (Lipinski definition) is 1. The Morgan fingerprint density at radius 1 is 1.36 bits per heavy atom. The molecular formula is C8H12O3. The topological polar surface area (TPSA) is 54.4 Å². The molecule has 0 aliphatic heterocycles. The standard InChI is InChI=1S/C8H12O3/c1-2-4-7(9)5-3-6-8(10)11/h2H,1,3-6H2,(H,10,11). The molecule has 0 rings (SSSR count). The Bertz CT molecular complexity index is 161. The molecule has 0 bridgehead atoms. The summed E-state index contributed by atoms with van der Waals surface area (Å²) in [5.74, 6) is -0.794. The maximum Gasteiger partial charge on any atom is 0.303 e. The van der Waals surface area contributed by atoms with Gasteiger partial charge >= 0.3 is 5.97 Å². The van der Waals surface area contributed by atoms with Crippen LogP contribution in [0.4, 0.5) is 0 Å². The molecule has 0 aliphatic rings. The van der Waals surface area contributed by atoms with Gasteiger partial charge in [0.2, 0.25) is 0 Å². The molecule has 0 spiro atoms. The van der Waals surface area contributed by atoms with E-state index in [0.717, 1.165) is 0 Å². The first-order chi connectivity index (χ1) is 5.16. The summed E-state index contributed by atoms with van der Waals surface area (Å²) in [6.07, 6.45) is 2.73. The molecule has 0 amide bonds. The predicted molar refractivity (Wildman–Crippen MR) is 41.3 cm³/mol. The van der Waals surface area contributed by atoms with Crippen molar-refractivity contribution in [3.63, 3.8) is 0 Å². The average Bonchev–Trinajstić information content (AvgIpc) is 1.87. The first-order valence-corrected chi connectivity index (χ1v) is 3.51. The molecule has 0 saturated carbocycles. The number of aliphatic carboxylic acids is 1. The first kappa shape index (κ1) is 9.88. The van der Waals surface area contributed by atoms with Gasteiger partial charge in [-0.25, -0.2) is 0 Å². The summed E-state index contributed by atoms with van der Waals surface area (Å²) in [6.45, 7) is 3.41. The van der Waals surface area contributed by atoms with Gasteiger partial charge in [0, 0.05) is 19.3 Å². The van der Waals surface area contributed by atoms with Crippen LogP contribution >= 0.6 is 0 Å². The Balaban J connectivity index is 3.31. The summed E-state index contributed by atoms with van der Waals surface area (Å²) in [7, 11) is 0. The van der Waals surface area contributed by atoms with Crippen LogP contribution in [0.15, 0.2) is 12.7 Å². The van der Waals surface area contributed by atoms with Crippen molar-refractivity contribution in [1.29, 1.82) is 0 Å². The molecule has 0 aliphatic carbocycles. The van der Waals surface area contributed by atoms with Crippen LogP contribution in [0, 0.1) is 0 Å². The van der Waals surface area contributed by atoms with Crippen LogP contribution < -0.4 is 0 Å². The number of ketones is 1. The summed E-state index contributed by atoms with van der Waals surface area (Å²) < 4.78 is 0. The third-order valence-corrected chi connectivity index (χ3v) is 1.22. The van der Waals surface area contributed by atoms with Gasteiger partial charge in [-0.15, -0.1) is 6.58 Å². The zero-order chi connectivity index (χ0) is 8.69. The smallest absolute Gasteiger partial charge is 0.303 e. The normalized spacial score (nSPS) is 9.09. The van der Waals surface area contributed by atoms with Gasteiger partial charge in [0.1, 0.15) is 5.78 Å². The summed E-state index contributed by atoms with van der Waals surface area (Å²) in [5, 5.41) is 8.22. The second kappa shape index (κ2) is 5.65. The highest BCUT2D eigenvalue weighted by Crippen LogP contribution is 1.99. The van der Waals surface area contributed by atoms with Crippen LogP contribution in [0.1, 0.15) is 25.7 Å². The largest absolute Gasteiger partial charge is 0.481 e. The highest BCUT2D eigenvalue weighted by Gasteiger charge is 2.01. The predicted octanol–water partition coefficient (Wildman–Crippen LogP) is 1.39. The second-order valence-corrected chi connectivity index (χ2v) is 2.28. The fourth-order valence-corrected chi connectivity index (χ4v) is 0.700. The number of carboxylic acid groups (broad SMARTS) is 1. The van der Waals surface area contributed by atoms with Crippen LogP contribution in [0.2, 0.25) is 0 Å². The Hall–Kier alpha value is -1.12. The Morgan fingerprint density at radius 2 is 2.00 bits per heavy atom. The van der Waals surface area contributed by atoms with Gasteiger partial charge in [0.05, 0.1) is 0 Å². The number of Topliss-reactive ketones (excluding diaryl/α,β-unsaturated/α-hetero) is 1. The maximum atomic E-state index is 10.8. The van der Waals surface area contributed by atoms with Crippen LogP contribution in [-0.4, -0.2) is 16.9 Å². The molecule has 1 N–H and O–H groups in total. The van der Waals surface area contributed by atoms with Crippen molar-refractivity contribution < 1.29 is 14.7 Å². The van der Waals surface area contributed by atoms with Gasteiger partial charge in [-0.2, -0.15) is 0 Å². The molecule has 0 saturated heterocycles. The molecule has 0 aromatic carbocycles. The number of allylic oxidation sites excluding steroid dienone is 1. The van der Waals surface area contributed by atoms with Crippen molar-refractivity contribution >= 4 is 11.8 Å². The van der Waals surface area contributed by atoms with Crippen LogP contribution in [-0.2, 0) is 9.59 Å². The van der Waals surface area contributed by atoms with Crippen LogP contribution in [0.5, 0.6) is 0 Å². The minimum absolute atomic E-state index is 0.0567. The van der Waals surface area contributed by atoms with Gasteiger partial charge in [-0.3, -0.25) is 9.59 Å². The lowest BCUT2D eigenvalue weighted by Gasteiger charge is -1.93. The zero-order valence-electron chi connectivity index (χ0n) is 6.38. The third-order valence-electron chi connectivity index (χ3n) is 1.22. The maximum absolute atomic E-state index is 10.8. The van der Waals surface area contributed by atoms with E-state index in [9.17, 15) is 9.59 Å². The molecule has 0 radical (unpaired) electrons. The fraction of sp³-hybridized carbons (Fsp3) is 0.500. The van der Waals surface area contributed by atoms with E-state index >= 15 is 0 Å². The van der Waals surface area contributed by atoms with Gasteiger partial charge in [-0.05, 0) is 6.42 Å². The van der Waals surface area contributed by atoms with Gasteiger partial charge in [0.15, 0.2) is 0 Å². The zero-order valence-corrected chi connectivity index (χ0v) is 6.38. The number of rotatable bonds is 6. The van der Waals surface area contributed by atoms with Crippen molar-refractivity contribution in [2.45, 2.75) is 25.7 Å². The number of carbonyl (C=O) groups is 2. The molecule has 62 valence electrons. The lowest BCUT2D eigenvalue weighted by molar-refractivity contribution is -0.137. The lowest BCUT2D eigenvalue weighted by atomic mass is 10.1. The van der Waals surface area contributed by atoms with E-state index in [1.165, 1.54) is 6.08 Å². The van der Waals surface area contributed by atoms with Crippen LogP contribution in [0.3, 0.4) is 0 Å². The summed E-state index contributed by atoms with van der Waals surface area (Å²) >= 11 is 0. The van der Waals surface area contributed by atoms with E-state index < -0.39 is 5.97 Å². The monoisotopic (exact) mass is 156 g/mol. The summed E-state index contributed by atoms with van der Waals surface area (Å²) in [4.78, 5) is 20.8. The van der Waals surface area contributed by atoms with Crippen molar-refractivity contribution in [2.24, 2.45) is 0 Å². The Labute approximate surface area is 65.7 Å². The van der Waals surface area contributed by atoms with E-state index in [1.807, 2.05) is 0 Å². The minimum atomic E-state index is -0.851. The lowest BCUT2D eigenvalue weighted by Crippen LogP contribution is -1.99. The van der Waals surface area contributed by atoms with E-state index in [4.69, 9.17) is 5.11 Å². The molecule has 11 heavy (non-hydrogen) atoms. The van der Waals surface area contributed by atoms with Crippen molar-refractivity contribution in [2.75, 3.05) is 0 Å². The number of carboxylic acids is 1. The molecule has 3 heteroatoms. The molecular weight excluding hydrogens is 144 g/mol. The molecule has 0 fully saturated rings. The van der Waals surface area contributed by atoms with Gasteiger partial charge in [-0.1, -0.05) is 6.08 Å². The summed E-state index contributed by atoms with van der Waals surface area (Å²) in [5.41, 5.74) is 0. The third kappa shape index (κ3) is 6.77.